The molecule has 3 heterocycles. The molecule has 1 fully saturated rings. The topological polar surface area (TPSA) is 72.0 Å². The van der Waals surface area contributed by atoms with Crippen LogP contribution in [-0.4, -0.2) is 54.2 Å². The number of hydrogen-bond acceptors (Lipinski definition) is 5. The third kappa shape index (κ3) is 3.20. The van der Waals surface area contributed by atoms with Crippen LogP contribution >= 0.6 is 0 Å². The van der Waals surface area contributed by atoms with Crippen molar-refractivity contribution < 1.29 is 5.11 Å². The Labute approximate surface area is 146 Å². The molecular formula is C18H22N6O. The van der Waals surface area contributed by atoms with Crippen LogP contribution in [0.2, 0.25) is 0 Å². The van der Waals surface area contributed by atoms with E-state index in [9.17, 15) is 5.11 Å². The van der Waals surface area contributed by atoms with Gasteiger partial charge in [0.15, 0.2) is 5.82 Å². The summed E-state index contributed by atoms with van der Waals surface area (Å²) in [6.07, 6.45) is 5.70. The summed E-state index contributed by atoms with van der Waals surface area (Å²) in [6.45, 7) is 2.62. The van der Waals surface area contributed by atoms with Crippen LogP contribution in [0.5, 0.6) is 0 Å². The molecule has 2 aromatic heterocycles. The first kappa shape index (κ1) is 16.0. The molecule has 130 valence electrons. The smallest absolute Gasteiger partial charge is 0.151 e. The van der Waals surface area contributed by atoms with Crippen molar-refractivity contribution in [1.82, 2.24) is 29.4 Å². The Hall–Kier alpha value is -2.51. The molecule has 1 aliphatic heterocycles. The summed E-state index contributed by atoms with van der Waals surface area (Å²) in [7, 11) is 1.92. The number of aryl methyl sites for hydroxylation is 1. The van der Waals surface area contributed by atoms with Crippen molar-refractivity contribution >= 4 is 0 Å². The van der Waals surface area contributed by atoms with E-state index in [2.05, 4.69) is 20.2 Å². The lowest BCUT2D eigenvalue weighted by atomic mass is 9.92. The molecule has 7 nitrogen and oxygen atoms in total. The highest BCUT2D eigenvalue weighted by Crippen LogP contribution is 2.32. The number of likely N-dealkylation sites (tertiary alicyclic amines) is 1. The van der Waals surface area contributed by atoms with Crippen molar-refractivity contribution in [2.24, 2.45) is 13.0 Å². The van der Waals surface area contributed by atoms with E-state index in [1.807, 2.05) is 59.0 Å². The zero-order valence-corrected chi connectivity index (χ0v) is 14.2. The van der Waals surface area contributed by atoms with E-state index in [0.29, 0.717) is 12.5 Å². The van der Waals surface area contributed by atoms with Crippen LogP contribution in [0, 0.1) is 5.92 Å². The number of aliphatic hydroxyl groups is 1. The standard InChI is InChI=1S/C18H22N6O/c1-22-8-14(7-20-22)17-10-23(9-15(17)12-25)11-18-21-19-13-24(18)16-5-3-2-4-6-16/h2-8,13,15,17,25H,9-12H2,1H3/t15-,17-/m0/s1. The number of rotatable bonds is 5. The van der Waals surface area contributed by atoms with E-state index in [1.165, 1.54) is 5.56 Å². The number of aliphatic hydroxyl groups excluding tert-OH is 1. The van der Waals surface area contributed by atoms with E-state index in [-0.39, 0.29) is 12.5 Å². The Morgan fingerprint density at radius 2 is 2.04 bits per heavy atom. The second kappa shape index (κ2) is 6.78. The first-order chi connectivity index (χ1) is 12.2. The summed E-state index contributed by atoms with van der Waals surface area (Å²) >= 11 is 0. The van der Waals surface area contributed by atoms with Gasteiger partial charge in [0, 0.05) is 50.5 Å². The maximum atomic E-state index is 9.79. The van der Waals surface area contributed by atoms with Gasteiger partial charge >= 0.3 is 0 Å². The number of nitrogens with zero attached hydrogens (tertiary/aromatic N) is 6. The summed E-state index contributed by atoms with van der Waals surface area (Å²) in [4.78, 5) is 2.34. The normalized spacial score (nSPS) is 21.0. The van der Waals surface area contributed by atoms with Crippen molar-refractivity contribution in [1.29, 1.82) is 0 Å². The summed E-state index contributed by atoms with van der Waals surface area (Å²) in [5.41, 5.74) is 2.25. The number of aromatic nitrogens is 5. The fourth-order valence-electron chi connectivity index (χ4n) is 3.65. The quantitative estimate of drug-likeness (QED) is 0.757. The van der Waals surface area contributed by atoms with Crippen molar-refractivity contribution in [3.8, 4) is 5.69 Å². The Morgan fingerprint density at radius 1 is 1.20 bits per heavy atom. The number of hydrogen-bond donors (Lipinski definition) is 1. The lowest BCUT2D eigenvalue weighted by Gasteiger charge is -2.15. The van der Waals surface area contributed by atoms with Gasteiger partial charge in [-0.3, -0.25) is 14.1 Å². The van der Waals surface area contributed by atoms with Gasteiger partial charge in [0.25, 0.3) is 0 Å². The zero-order chi connectivity index (χ0) is 17.2. The molecule has 1 N–H and O–H groups in total. The monoisotopic (exact) mass is 338 g/mol. The van der Waals surface area contributed by atoms with Crippen molar-refractivity contribution in [3.05, 3.63) is 60.4 Å². The predicted molar refractivity (Wildman–Crippen MR) is 93.2 cm³/mol. The maximum Gasteiger partial charge on any atom is 0.151 e. The second-order valence-electron chi connectivity index (χ2n) is 6.64. The molecular weight excluding hydrogens is 316 g/mol. The molecule has 0 unspecified atom stereocenters. The molecule has 1 aliphatic rings. The van der Waals surface area contributed by atoms with E-state index < -0.39 is 0 Å². The zero-order valence-electron chi connectivity index (χ0n) is 14.2. The first-order valence-corrected chi connectivity index (χ1v) is 8.50. The number of para-hydroxylation sites is 1. The summed E-state index contributed by atoms with van der Waals surface area (Å²) in [5, 5.41) is 22.5. The molecule has 1 aromatic carbocycles. The van der Waals surface area contributed by atoms with Crippen LogP contribution in [0.25, 0.3) is 5.69 Å². The Bertz CT molecular complexity index is 827. The van der Waals surface area contributed by atoms with Gasteiger partial charge in [-0.25, -0.2) is 0 Å². The van der Waals surface area contributed by atoms with Gasteiger partial charge in [0.05, 0.1) is 12.7 Å². The van der Waals surface area contributed by atoms with E-state index in [0.717, 1.165) is 24.6 Å². The highest BCUT2D eigenvalue weighted by atomic mass is 16.3. The van der Waals surface area contributed by atoms with Gasteiger partial charge in [-0.15, -0.1) is 10.2 Å². The van der Waals surface area contributed by atoms with E-state index >= 15 is 0 Å². The van der Waals surface area contributed by atoms with Crippen molar-refractivity contribution in [3.63, 3.8) is 0 Å². The largest absolute Gasteiger partial charge is 0.396 e. The van der Waals surface area contributed by atoms with Gasteiger partial charge in [0.2, 0.25) is 0 Å². The van der Waals surface area contributed by atoms with E-state index in [1.54, 1.807) is 6.33 Å². The predicted octanol–water partition coefficient (Wildman–Crippen LogP) is 1.21. The lowest BCUT2D eigenvalue weighted by molar-refractivity contribution is 0.213. The van der Waals surface area contributed by atoms with Crippen LogP contribution in [0.4, 0.5) is 0 Å². The second-order valence-corrected chi connectivity index (χ2v) is 6.64. The van der Waals surface area contributed by atoms with Crippen LogP contribution < -0.4 is 0 Å². The summed E-state index contributed by atoms with van der Waals surface area (Å²) < 4.78 is 3.84. The Balaban J connectivity index is 1.52. The molecule has 1 saturated heterocycles. The highest BCUT2D eigenvalue weighted by molar-refractivity contribution is 5.32. The molecule has 25 heavy (non-hydrogen) atoms. The Morgan fingerprint density at radius 3 is 2.76 bits per heavy atom. The molecule has 0 spiro atoms. The third-order valence-corrected chi connectivity index (χ3v) is 4.92. The minimum atomic E-state index is 0.182. The fraction of sp³-hybridized carbons (Fsp3) is 0.389. The van der Waals surface area contributed by atoms with Gasteiger partial charge in [-0.1, -0.05) is 18.2 Å². The Kier molecular flexibility index (Phi) is 4.33. The van der Waals surface area contributed by atoms with Crippen LogP contribution in [-0.2, 0) is 13.6 Å². The first-order valence-electron chi connectivity index (χ1n) is 8.50. The lowest BCUT2D eigenvalue weighted by Crippen LogP contribution is -2.23. The highest BCUT2D eigenvalue weighted by Gasteiger charge is 2.34. The molecule has 0 radical (unpaired) electrons. The maximum absolute atomic E-state index is 9.79. The van der Waals surface area contributed by atoms with Crippen LogP contribution in [0.1, 0.15) is 17.3 Å². The molecule has 3 aromatic rings. The van der Waals surface area contributed by atoms with Gasteiger partial charge in [-0.05, 0) is 17.7 Å². The minimum Gasteiger partial charge on any atom is -0.396 e. The van der Waals surface area contributed by atoms with Crippen LogP contribution in [0.3, 0.4) is 0 Å². The molecule has 7 heteroatoms. The van der Waals surface area contributed by atoms with Crippen molar-refractivity contribution in [2.75, 3.05) is 19.7 Å². The molecule has 0 amide bonds. The van der Waals surface area contributed by atoms with Gasteiger partial charge < -0.3 is 5.11 Å². The van der Waals surface area contributed by atoms with Gasteiger partial charge in [-0.2, -0.15) is 5.10 Å². The number of benzene rings is 1. The molecule has 0 bridgehead atoms. The van der Waals surface area contributed by atoms with Gasteiger partial charge in [0.1, 0.15) is 6.33 Å². The van der Waals surface area contributed by atoms with Crippen LogP contribution in [0.15, 0.2) is 49.1 Å². The minimum absolute atomic E-state index is 0.182. The summed E-state index contributed by atoms with van der Waals surface area (Å²) in [6, 6.07) is 10.1. The molecule has 0 aliphatic carbocycles. The molecule has 4 rings (SSSR count). The van der Waals surface area contributed by atoms with E-state index in [4.69, 9.17) is 0 Å². The molecule has 2 atom stereocenters. The average Bonchev–Trinajstić information content (AvgIpc) is 3.35. The third-order valence-electron chi connectivity index (χ3n) is 4.92. The van der Waals surface area contributed by atoms with Crippen molar-refractivity contribution in [2.45, 2.75) is 12.5 Å². The fourth-order valence-corrected chi connectivity index (χ4v) is 3.65. The molecule has 0 saturated carbocycles. The SMILES string of the molecule is Cn1cc([C@@H]2CN(Cc3nncn3-c3ccccc3)C[C@H]2CO)cn1. The summed E-state index contributed by atoms with van der Waals surface area (Å²) in [5.74, 6) is 1.43. The average molecular weight is 338 g/mol.